The van der Waals surface area contributed by atoms with Crippen LogP contribution in [0.3, 0.4) is 0 Å². The van der Waals surface area contributed by atoms with E-state index in [9.17, 15) is 27.6 Å². The number of carbonyl (C=O) groups is 4. The molecule has 182 valence electrons. The molecule has 1 aromatic heterocycles. The van der Waals surface area contributed by atoms with Crippen LogP contribution in [0.15, 0.2) is 47.5 Å². The molecule has 0 saturated carbocycles. The van der Waals surface area contributed by atoms with Gasteiger partial charge in [-0.15, -0.1) is 0 Å². The summed E-state index contributed by atoms with van der Waals surface area (Å²) < 4.78 is 31.7. The first kappa shape index (κ1) is 26.5. The molecule has 1 aromatic carbocycles. The Bertz CT molecular complexity index is 1150. The summed E-state index contributed by atoms with van der Waals surface area (Å²) >= 11 is 0. The maximum absolute atomic E-state index is 12.7. The van der Waals surface area contributed by atoms with E-state index >= 15 is 0 Å². The number of sulfonamides is 1. The fourth-order valence-corrected chi connectivity index (χ4v) is 3.79. The lowest BCUT2D eigenvalue weighted by Gasteiger charge is -2.09. The van der Waals surface area contributed by atoms with Crippen molar-refractivity contribution in [1.82, 2.24) is 20.3 Å². The monoisotopic (exact) mass is 490 g/mol. The molecule has 0 aliphatic heterocycles. The van der Waals surface area contributed by atoms with Gasteiger partial charge in [-0.25, -0.2) is 13.1 Å². The summed E-state index contributed by atoms with van der Waals surface area (Å²) in [6.45, 7) is 1.92. The third-order valence-corrected chi connectivity index (χ3v) is 5.86. The number of nitrogens with zero attached hydrogens (tertiary/aromatic N) is 1. The minimum atomic E-state index is -4.17. The van der Waals surface area contributed by atoms with Gasteiger partial charge in [0.1, 0.15) is 12.2 Å². The number of pyridine rings is 1. The second-order valence-electron chi connectivity index (χ2n) is 7.12. The Hall–Kier alpha value is -3.80. The molecule has 3 amide bonds. The van der Waals surface area contributed by atoms with E-state index in [1.54, 1.807) is 12.1 Å². The second-order valence-corrected chi connectivity index (χ2v) is 8.81. The van der Waals surface area contributed by atoms with E-state index in [0.717, 1.165) is 12.6 Å². The Labute approximate surface area is 197 Å². The number of amides is 3. The molecular weight excluding hydrogens is 464 g/mol. The molecular formula is C22H26N4O7S. The maximum atomic E-state index is 12.7. The summed E-state index contributed by atoms with van der Waals surface area (Å²) in [6, 6.07) is 8.50. The summed E-state index contributed by atoms with van der Waals surface area (Å²) in [6.07, 6.45) is 2.64. The molecule has 0 spiro atoms. The number of methoxy groups -OCH3 is 1. The van der Waals surface area contributed by atoms with Crippen LogP contribution in [0.2, 0.25) is 0 Å². The lowest BCUT2D eigenvalue weighted by Crippen LogP contribution is -2.32. The van der Waals surface area contributed by atoms with Gasteiger partial charge in [-0.3, -0.25) is 24.2 Å². The first-order chi connectivity index (χ1) is 16.2. The molecule has 1 heterocycles. The highest BCUT2D eigenvalue weighted by Crippen LogP contribution is 2.13. The largest absolute Gasteiger partial charge is 0.468 e. The highest BCUT2D eigenvalue weighted by atomic mass is 32.2. The summed E-state index contributed by atoms with van der Waals surface area (Å²) in [5.74, 6) is -2.29. The molecule has 3 N–H and O–H groups in total. The van der Waals surface area contributed by atoms with Gasteiger partial charge in [0.2, 0.25) is 5.91 Å². The van der Waals surface area contributed by atoms with E-state index in [2.05, 4.69) is 20.4 Å². The molecule has 0 radical (unpaired) electrons. The quantitative estimate of drug-likeness (QED) is 0.385. The standard InChI is InChI=1S/C22H26N4O7S/c1-3-5-19(27)23-11-10-15-6-4-7-17(12-15)34(31,32)26-21(29)16-8-9-18(24-13-16)22(30)25-14-20(28)33-2/h4,6-9,12-13H,3,5,10-11,14H2,1-2H3,(H,23,27)(H,25,30)(H,26,29). The third kappa shape index (κ3) is 7.96. The van der Waals surface area contributed by atoms with Crippen LogP contribution in [0.25, 0.3) is 0 Å². The second kappa shape index (κ2) is 12.4. The molecule has 0 unspecified atom stereocenters. The fraction of sp³-hybridized carbons (Fsp3) is 0.318. The Balaban J connectivity index is 2.00. The molecule has 11 nitrogen and oxygen atoms in total. The Kier molecular flexibility index (Phi) is 9.68. The summed E-state index contributed by atoms with van der Waals surface area (Å²) in [5.41, 5.74) is 0.529. The van der Waals surface area contributed by atoms with Crippen LogP contribution in [0.1, 0.15) is 46.2 Å². The SMILES string of the molecule is CCCC(=O)NCCc1cccc(S(=O)(=O)NC(=O)c2ccc(C(=O)NCC(=O)OC)nc2)c1. The van der Waals surface area contributed by atoms with Crippen LogP contribution < -0.4 is 15.4 Å². The zero-order chi connectivity index (χ0) is 25.1. The van der Waals surface area contributed by atoms with Crippen LogP contribution in [0.4, 0.5) is 0 Å². The van der Waals surface area contributed by atoms with Gasteiger partial charge in [0.25, 0.3) is 21.8 Å². The maximum Gasteiger partial charge on any atom is 0.325 e. The smallest absolute Gasteiger partial charge is 0.325 e. The van der Waals surface area contributed by atoms with Crippen molar-refractivity contribution in [1.29, 1.82) is 0 Å². The number of hydrogen-bond donors (Lipinski definition) is 3. The fourth-order valence-electron chi connectivity index (χ4n) is 2.75. The van der Waals surface area contributed by atoms with E-state index in [1.165, 1.54) is 31.4 Å². The predicted octanol–water partition coefficient (Wildman–Crippen LogP) is 0.562. The Morgan fingerprint density at radius 2 is 1.79 bits per heavy atom. The molecule has 0 aliphatic rings. The number of ether oxygens (including phenoxy) is 1. The van der Waals surface area contributed by atoms with Gasteiger partial charge in [0, 0.05) is 19.2 Å². The van der Waals surface area contributed by atoms with E-state index in [-0.39, 0.29) is 28.6 Å². The van der Waals surface area contributed by atoms with Crippen LogP contribution in [0, 0.1) is 0 Å². The molecule has 34 heavy (non-hydrogen) atoms. The van der Waals surface area contributed by atoms with Gasteiger partial charge in [-0.2, -0.15) is 0 Å². The molecule has 0 atom stereocenters. The van der Waals surface area contributed by atoms with Gasteiger partial charge in [0.15, 0.2) is 0 Å². The van der Waals surface area contributed by atoms with Crippen molar-refractivity contribution in [2.24, 2.45) is 0 Å². The van der Waals surface area contributed by atoms with Gasteiger partial charge in [0.05, 0.1) is 17.6 Å². The lowest BCUT2D eigenvalue weighted by atomic mass is 10.1. The molecule has 12 heteroatoms. The number of hydrogen-bond acceptors (Lipinski definition) is 8. The normalized spacial score (nSPS) is 10.8. The summed E-state index contributed by atoms with van der Waals surface area (Å²) in [4.78, 5) is 50.7. The number of rotatable bonds is 11. The average Bonchev–Trinajstić information content (AvgIpc) is 2.82. The van der Waals surface area contributed by atoms with Crippen LogP contribution in [0.5, 0.6) is 0 Å². The van der Waals surface area contributed by atoms with Crippen molar-refractivity contribution in [2.45, 2.75) is 31.1 Å². The van der Waals surface area contributed by atoms with Crippen LogP contribution in [-0.2, 0) is 30.8 Å². The topological polar surface area (TPSA) is 161 Å². The Morgan fingerprint density at radius 1 is 1.03 bits per heavy atom. The molecule has 0 saturated heterocycles. The first-order valence-corrected chi connectivity index (χ1v) is 11.9. The van der Waals surface area contributed by atoms with Gasteiger partial charge in [-0.1, -0.05) is 19.1 Å². The highest BCUT2D eigenvalue weighted by Gasteiger charge is 2.20. The van der Waals surface area contributed by atoms with Crippen molar-refractivity contribution in [3.8, 4) is 0 Å². The van der Waals surface area contributed by atoms with Crippen molar-refractivity contribution >= 4 is 33.7 Å². The summed E-state index contributed by atoms with van der Waals surface area (Å²) in [7, 11) is -2.99. The van der Waals surface area contributed by atoms with Crippen molar-refractivity contribution in [3.63, 3.8) is 0 Å². The third-order valence-electron chi connectivity index (χ3n) is 4.53. The number of benzene rings is 1. The van der Waals surface area contributed by atoms with Gasteiger partial charge >= 0.3 is 5.97 Å². The highest BCUT2D eigenvalue weighted by molar-refractivity contribution is 7.90. The average molecular weight is 491 g/mol. The van der Waals surface area contributed by atoms with E-state index in [4.69, 9.17) is 0 Å². The number of carbonyl (C=O) groups excluding carboxylic acids is 4. The first-order valence-electron chi connectivity index (χ1n) is 10.4. The van der Waals surface area contributed by atoms with Crippen LogP contribution >= 0.6 is 0 Å². The van der Waals surface area contributed by atoms with E-state index < -0.39 is 27.8 Å². The molecule has 0 fully saturated rings. The summed E-state index contributed by atoms with van der Waals surface area (Å²) in [5, 5.41) is 5.05. The molecule has 2 rings (SSSR count). The number of esters is 1. The Morgan fingerprint density at radius 3 is 2.44 bits per heavy atom. The zero-order valence-corrected chi connectivity index (χ0v) is 19.6. The molecule has 2 aromatic rings. The van der Waals surface area contributed by atoms with E-state index in [1.807, 2.05) is 11.6 Å². The number of nitrogens with one attached hydrogen (secondary N) is 3. The predicted molar refractivity (Wildman–Crippen MR) is 121 cm³/mol. The van der Waals surface area contributed by atoms with Gasteiger partial charge < -0.3 is 15.4 Å². The van der Waals surface area contributed by atoms with E-state index in [0.29, 0.717) is 24.9 Å². The minimum Gasteiger partial charge on any atom is -0.468 e. The molecule has 0 bridgehead atoms. The number of aromatic nitrogens is 1. The molecule has 0 aliphatic carbocycles. The van der Waals surface area contributed by atoms with Gasteiger partial charge in [-0.05, 0) is 42.7 Å². The minimum absolute atomic E-state index is 0.0676. The van der Waals surface area contributed by atoms with Crippen molar-refractivity contribution < 1.29 is 32.3 Å². The van der Waals surface area contributed by atoms with Crippen LogP contribution in [-0.4, -0.2) is 57.3 Å². The zero-order valence-electron chi connectivity index (χ0n) is 18.8. The van der Waals surface area contributed by atoms with Crippen molar-refractivity contribution in [3.05, 3.63) is 59.4 Å². The van der Waals surface area contributed by atoms with Crippen molar-refractivity contribution in [2.75, 3.05) is 20.2 Å². The lowest BCUT2D eigenvalue weighted by molar-refractivity contribution is -0.139.